The van der Waals surface area contributed by atoms with E-state index < -0.39 is 21.3 Å². The first-order valence-electron chi connectivity index (χ1n) is 13.1. The Hall–Kier alpha value is -1.22. The van der Waals surface area contributed by atoms with Crippen LogP contribution in [0.4, 0.5) is 0 Å². The molecule has 8 nitrogen and oxygen atoms in total. The number of nitrogens with one attached hydrogen (secondary N) is 2. The molecule has 1 amide bonds. The van der Waals surface area contributed by atoms with Crippen molar-refractivity contribution in [2.45, 2.75) is 107 Å². The summed E-state index contributed by atoms with van der Waals surface area (Å²) < 4.78 is 29.5. The molecule has 9 heteroatoms. The molecular weight excluding hydrogens is 442 g/mol. The first-order chi connectivity index (χ1) is 15.7. The summed E-state index contributed by atoms with van der Waals surface area (Å²) in [6.45, 7) is 0.566. The fourth-order valence-electron chi connectivity index (χ4n) is 8.35. The summed E-state index contributed by atoms with van der Waals surface area (Å²) in [4.78, 5) is 23.8. The van der Waals surface area contributed by atoms with Gasteiger partial charge in [-0.05, 0) is 93.8 Å². The first kappa shape index (κ1) is 23.5. The molecule has 0 aliphatic heterocycles. The van der Waals surface area contributed by atoms with Crippen LogP contribution in [0.15, 0.2) is 0 Å². The number of carbonyl (C=O) groups is 1. The molecule has 6 fully saturated rings. The topological polar surface area (TPSA) is 118 Å². The van der Waals surface area contributed by atoms with Crippen LogP contribution in [0.25, 0.3) is 0 Å². The Morgan fingerprint density at radius 1 is 0.909 bits per heavy atom. The molecule has 186 valence electrons. The van der Waals surface area contributed by atoms with Crippen LogP contribution in [0.5, 0.6) is 0 Å². The second-order valence-electron chi connectivity index (χ2n) is 12.1. The molecule has 33 heavy (non-hydrogen) atoms. The van der Waals surface area contributed by atoms with E-state index in [1.54, 1.807) is 0 Å². The molecule has 4 atom stereocenters. The standard InChI is InChI=1S/C24H39N3O5S/c28-23(26-20-4-2-5-21(11-20)27(29)30)19-3-1-6-22(10-19)33(31,32)25-15-24-12-16-7-17(13-24)9-18(8-16)14-24/h16-22,25H,1-15H2,(H,26,28). The molecule has 0 aromatic rings. The lowest BCUT2D eigenvalue weighted by atomic mass is 9.50. The number of carbonyl (C=O) groups excluding carboxylic acids is 1. The van der Waals surface area contributed by atoms with E-state index in [-0.39, 0.29) is 28.2 Å². The number of nitrogens with zero attached hydrogens (tertiary/aromatic N) is 1. The Bertz CT molecular complexity index is 840. The maximum absolute atomic E-state index is 13.2. The third-order valence-electron chi connectivity index (χ3n) is 9.54. The van der Waals surface area contributed by atoms with Crippen molar-refractivity contribution < 1.29 is 18.1 Å². The lowest BCUT2D eigenvalue weighted by Crippen LogP contribution is -2.52. The molecule has 0 aromatic heterocycles. The van der Waals surface area contributed by atoms with Gasteiger partial charge in [0.15, 0.2) is 0 Å². The van der Waals surface area contributed by atoms with E-state index in [0.29, 0.717) is 38.6 Å². The number of hydrogen-bond acceptors (Lipinski definition) is 5. The molecule has 0 saturated heterocycles. The van der Waals surface area contributed by atoms with Gasteiger partial charge in [-0.25, -0.2) is 13.1 Å². The Morgan fingerprint density at radius 2 is 1.55 bits per heavy atom. The van der Waals surface area contributed by atoms with Gasteiger partial charge in [-0.3, -0.25) is 14.9 Å². The van der Waals surface area contributed by atoms with Crippen molar-refractivity contribution in [3.63, 3.8) is 0 Å². The van der Waals surface area contributed by atoms with Crippen LogP contribution in [0.3, 0.4) is 0 Å². The monoisotopic (exact) mass is 481 g/mol. The normalized spacial score (nSPS) is 42.7. The van der Waals surface area contributed by atoms with E-state index in [1.807, 2.05) is 0 Å². The first-order valence-corrected chi connectivity index (χ1v) is 14.7. The Kier molecular flexibility index (Phi) is 6.48. The Morgan fingerprint density at radius 3 is 2.18 bits per heavy atom. The summed E-state index contributed by atoms with van der Waals surface area (Å²) in [5.74, 6) is 1.93. The van der Waals surface area contributed by atoms with Crippen LogP contribution in [-0.4, -0.2) is 43.1 Å². The molecule has 6 saturated carbocycles. The van der Waals surface area contributed by atoms with Crippen LogP contribution in [0.1, 0.15) is 89.9 Å². The van der Waals surface area contributed by atoms with E-state index in [1.165, 1.54) is 38.5 Å². The van der Waals surface area contributed by atoms with Gasteiger partial charge in [-0.1, -0.05) is 6.42 Å². The molecule has 0 heterocycles. The second kappa shape index (κ2) is 9.10. The maximum atomic E-state index is 13.2. The molecule has 0 aromatic carbocycles. The smallest absolute Gasteiger partial charge is 0.223 e. The van der Waals surface area contributed by atoms with Crippen molar-refractivity contribution in [1.82, 2.24) is 10.0 Å². The zero-order valence-electron chi connectivity index (χ0n) is 19.5. The fourth-order valence-corrected chi connectivity index (χ4v) is 10.1. The van der Waals surface area contributed by atoms with Crippen LogP contribution in [0.2, 0.25) is 0 Å². The van der Waals surface area contributed by atoms with Crippen molar-refractivity contribution in [3.05, 3.63) is 10.1 Å². The van der Waals surface area contributed by atoms with Crippen molar-refractivity contribution in [1.29, 1.82) is 0 Å². The molecule has 2 N–H and O–H groups in total. The van der Waals surface area contributed by atoms with Gasteiger partial charge < -0.3 is 5.32 Å². The molecular formula is C24H39N3O5S. The lowest BCUT2D eigenvalue weighted by Gasteiger charge is -2.57. The number of sulfonamides is 1. The SMILES string of the molecule is O=C(NC1CCCC([N+](=O)[O-])C1)C1CCCC(S(=O)(=O)NCC23CC4CC(CC(C4)C2)C3)C1. The van der Waals surface area contributed by atoms with Crippen LogP contribution in [-0.2, 0) is 14.8 Å². The van der Waals surface area contributed by atoms with Crippen molar-refractivity contribution in [2.24, 2.45) is 29.1 Å². The van der Waals surface area contributed by atoms with E-state index in [9.17, 15) is 23.3 Å². The average Bonchev–Trinajstić information content (AvgIpc) is 2.77. The minimum atomic E-state index is -3.47. The van der Waals surface area contributed by atoms with Crippen LogP contribution in [0, 0.1) is 39.2 Å². The molecule has 6 rings (SSSR count). The number of nitro groups is 1. The van der Waals surface area contributed by atoms with Crippen LogP contribution < -0.4 is 10.0 Å². The van der Waals surface area contributed by atoms with Crippen molar-refractivity contribution >= 4 is 15.9 Å². The zero-order valence-corrected chi connectivity index (χ0v) is 20.4. The predicted molar refractivity (Wildman–Crippen MR) is 124 cm³/mol. The van der Waals surface area contributed by atoms with Crippen molar-refractivity contribution in [3.8, 4) is 0 Å². The van der Waals surface area contributed by atoms with E-state index in [0.717, 1.165) is 37.0 Å². The highest BCUT2D eigenvalue weighted by molar-refractivity contribution is 7.90. The number of rotatable bonds is 7. The highest BCUT2D eigenvalue weighted by Gasteiger charge is 2.51. The van der Waals surface area contributed by atoms with Gasteiger partial charge in [0.05, 0.1) is 5.25 Å². The molecule has 4 unspecified atom stereocenters. The van der Waals surface area contributed by atoms with Gasteiger partial charge in [0.25, 0.3) is 0 Å². The molecule has 6 aliphatic rings. The highest BCUT2D eigenvalue weighted by atomic mass is 32.2. The minimum absolute atomic E-state index is 0.120. The number of amides is 1. The minimum Gasteiger partial charge on any atom is -0.353 e. The van der Waals surface area contributed by atoms with E-state index >= 15 is 0 Å². The fraction of sp³-hybridized carbons (Fsp3) is 0.958. The third-order valence-corrected chi connectivity index (χ3v) is 11.4. The Balaban J connectivity index is 1.15. The van der Waals surface area contributed by atoms with Crippen molar-refractivity contribution in [2.75, 3.05) is 6.54 Å². The summed E-state index contributed by atoms with van der Waals surface area (Å²) in [5, 5.41) is 13.6. The average molecular weight is 482 g/mol. The highest BCUT2D eigenvalue weighted by Crippen LogP contribution is 2.59. The summed E-state index contributed by atoms with van der Waals surface area (Å²) in [6, 6.07) is -0.759. The van der Waals surface area contributed by atoms with Gasteiger partial charge >= 0.3 is 0 Å². The van der Waals surface area contributed by atoms with E-state index in [2.05, 4.69) is 10.0 Å². The summed E-state index contributed by atoms with van der Waals surface area (Å²) in [7, 11) is -3.47. The molecule has 0 radical (unpaired) electrons. The third kappa shape index (κ3) is 5.09. The summed E-state index contributed by atoms with van der Waals surface area (Å²) in [6.07, 6.45) is 12.4. The largest absolute Gasteiger partial charge is 0.353 e. The van der Waals surface area contributed by atoms with Gasteiger partial charge in [-0.15, -0.1) is 0 Å². The van der Waals surface area contributed by atoms with E-state index in [4.69, 9.17) is 0 Å². The lowest BCUT2D eigenvalue weighted by molar-refractivity contribution is -0.526. The Labute approximate surface area is 197 Å². The zero-order chi connectivity index (χ0) is 23.2. The van der Waals surface area contributed by atoms with Gasteiger partial charge in [0.1, 0.15) is 0 Å². The quantitative estimate of drug-likeness (QED) is 0.427. The molecule has 0 spiro atoms. The van der Waals surface area contributed by atoms with Gasteiger partial charge in [0.2, 0.25) is 22.0 Å². The molecule has 6 aliphatic carbocycles. The van der Waals surface area contributed by atoms with Gasteiger partial charge in [0, 0.05) is 36.3 Å². The summed E-state index contributed by atoms with van der Waals surface area (Å²) in [5.41, 5.74) is 0.155. The predicted octanol–water partition coefficient (Wildman–Crippen LogP) is 3.39. The van der Waals surface area contributed by atoms with Crippen LogP contribution >= 0.6 is 0 Å². The molecule has 4 bridgehead atoms. The summed E-state index contributed by atoms with van der Waals surface area (Å²) >= 11 is 0. The maximum Gasteiger partial charge on any atom is 0.223 e. The number of hydrogen-bond donors (Lipinski definition) is 2. The second-order valence-corrected chi connectivity index (χ2v) is 14.1. The van der Waals surface area contributed by atoms with Gasteiger partial charge in [-0.2, -0.15) is 0 Å².